The molecule has 2 aliphatic carbocycles. The van der Waals surface area contributed by atoms with Crippen LogP contribution in [0.5, 0.6) is 5.75 Å². The Kier molecular flexibility index (Phi) is 10.6. The second-order valence-corrected chi connectivity index (χ2v) is 13.9. The largest absolute Gasteiger partial charge is 0.507 e. The molecule has 3 rings (SSSR count). The van der Waals surface area contributed by atoms with E-state index in [0.717, 1.165) is 36.8 Å². The number of carbonyl (C=O) groups excluding carboxylic acids is 1. The minimum Gasteiger partial charge on any atom is -0.507 e. The summed E-state index contributed by atoms with van der Waals surface area (Å²) in [6, 6.07) is 4.29. The van der Waals surface area contributed by atoms with Gasteiger partial charge in [-0.05, 0) is 61.1 Å². The number of hydrogen-bond donors (Lipinski definition) is 1. The van der Waals surface area contributed by atoms with Crippen LogP contribution in [0.15, 0.2) is 12.1 Å². The van der Waals surface area contributed by atoms with Gasteiger partial charge >= 0.3 is 5.97 Å². The highest BCUT2D eigenvalue weighted by Gasteiger charge is 2.35. The number of phenols is 1. The smallest absolute Gasteiger partial charge is 0.322 e. The first-order chi connectivity index (χ1) is 16.2. The second-order valence-electron chi connectivity index (χ2n) is 11.5. The summed E-state index contributed by atoms with van der Waals surface area (Å²) in [4.78, 5) is 13.6. The van der Waals surface area contributed by atoms with E-state index in [-0.39, 0.29) is 22.6 Å². The van der Waals surface area contributed by atoms with Crippen LogP contribution in [0.2, 0.25) is 0 Å². The van der Waals surface area contributed by atoms with Crippen molar-refractivity contribution in [3.63, 3.8) is 0 Å². The third kappa shape index (κ3) is 7.59. The predicted molar refractivity (Wildman–Crippen MR) is 148 cm³/mol. The van der Waals surface area contributed by atoms with E-state index in [0.29, 0.717) is 16.2 Å². The van der Waals surface area contributed by atoms with Gasteiger partial charge < -0.3 is 9.29 Å². The Hall–Kier alpha value is -0.810. The van der Waals surface area contributed by atoms with Crippen LogP contribution < -0.4 is 0 Å². The second kappa shape index (κ2) is 12.9. The Balaban J connectivity index is 1.90. The number of hydrogen-bond acceptors (Lipinski definition) is 5. The molecule has 2 aliphatic rings. The molecule has 0 amide bonds. The van der Waals surface area contributed by atoms with E-state index in [1.165, 1.54) is 69.0 Å². The zero-order valence-electron chi connectivity index (χ0n) is 22.0. The van der Waals surface area contributed by atoms with Gasteiger partial charge in [0, 0.05) is 15.7 Å². The average Bonchev–Trinajstić information content (AvgIpc) is 2.82. The summed E-state index contributed by atoms with van der Waals surface area (Å²) in [5.74, 6) is 0.179. The summed E-state index contributed by atoms with van der Waals surface area (Å²) in [5, 5.41) is 11.9. The molecule has 2 saturated carbocycles. The molecule has 0 spiro atoms. The first-order valence-corrected chi connectivity index (χ1v) is 15.3. The quantitative estimate of drug-likeness (QED) is 0.338. The minimum absolute atomic E-state index is 0.0474. The number of rotatable bonds is 9. The number of carbonyl (C=O) groups is 1. The molecule has 1 N–H and O–H groups in total. The minimum atomic E-state index is -0.164. The van der Waals surface area contributed by atoms with Crippen molar-refractivity contribution in [1.29, 1.82) is 0 Å². The van der Waals surface area contributed by atoms with E-state index < -0.39 is 0 Å². The van der Waals surface area contributed by atoms with Gasteiger partial charge in [0.05, 0.1) is 18.0 Å². The fourth-order valence-corrected chi connectivity index (χ4v) is 8.03. The molecule has 5 heteroatoms. The van der Waals surface area contributed by atoms with Gasteiger partial charge in [-0.2, -0.15) is 0 Å². The van der Waals surface area contributed by atoms with Crippen molar-refractivity contribution < 1.29 is 14.1 Å². The molecule has 0 bridgehead atoms. The Bertz CT molecular complexity index is 789. The maximum absolute atomic E-state index is 13.6. The van der Waals surface area contributed by atoms with E-state index in [1.807, 2.05) is 18.7 Å². The highest BCUT2D eigenvalue weighted by atomic mass is 32.2. The van der Waals surface area contributed by atoms with Crippen LogP contribution in [-0.4, -0.2) is 21.6 Å². The summed E-state index contributed by atoms with van der Waals surface area (Å²) in [7, 11) is 0. The van der Waals surface area contributed by atoms with Crippen LogP contribution in [0.1, 0.15) is 127 Å². The van der Waals surface area contributed by atoms with E-state index in [9.17, 15) is 9.90 Å². The zero-order valence-corrected chi connectivity index (χ0v) is 23.7. The van der Waals surface area contributed by atoms with Crippen LogP contribution >= 0.6 is 23.8 Å². The fourth-order valence-electron chi connectivity index (χ4n) is 5.40. The lowest BCUT2D eigenvalue weighted by atomic mass is 9.82. The van der Waals surface area contributed by atoms with Crippen LogP contribution in [0.3, 0.4) is 0 Å². The first-order valence-electron chi connectivity index (χ1n) is 13.6. The Morgan fingerprint density at radius 3 is 2.18 bits per heavy atom. The molecule has 2 unspecified atom stereocenters. The number of benzene rings is 1. The van der Waals surface area contributed by atoms with Crippen molar-refractivity contribution in [2.45, 2.75) is 133 Å². The summed E-state index contributed by atoms with van der Waals surface area (Å²) in [6.45, 7) is 10.6. The molecule has 0 saturated heterocycles. The molecule has 34 heavy (non-hydrogen) atoms. The Morgan fingerprint density at radius 1 is 1.03 bits per heavy atom. The van der Waals surface area contributed by atoms with Gasteiger partial charge in [-0.1, -0.05) is 84.8 Å². The average molecular weight is 507 g/mol. The van der Waals surface area contributed by atoms with Crippen molar-refractivity contribution in [2.24, 2.45) is 5.92 Å². The highest BCUT2D eigenvalue weighted by molar-refractivity contribution is 8.00. The molecular formula is C29H46O3S2. The molecule has 2 atom stereocenters. The summed E-state index contributed by atoms with van der Waals surface area (Å²) in [6.07, 6.45) is 14.3. The van der Waals surface area contributed by atoms with Crippen molar-refractivity contribution in [2.75, 3.05) is 0 Å². The number of phenolic OH excluding ortho intramolecular Hbond substituents is 1. The van der Waals surface area contributed by atoms with E-state index in [4.69, 9.17) is 4.18 Å². The molecule has 1 aromatic carbocycles. The molecule has 3 nitrogen and oxygen atoms in total. The molecule has 192 valence electrons. The maximum atomic E-state index is 13.6. The van der Waals surface area contributed by atoms with Gasteiger partial charge in [-0.15, -0.1) is 11.8 Å². The topological polar surface area (TPSA) is 46.5 Å². The number of aryl methyl sites for hydroxylation is 1. The van der Waals surface area contributed by atoms with Gasteiger partial charge in [0.25, 0.3) is 0 Å². The SMILES string of the molecule is CCCC(C(=O)OSC1CCCCC1)C(SC1CCCCC1)c1cc(C)c(O)c(C(C)(C)C)c1. The summed E-state index contributed by atoms with van der Waals surface area (Å²) in [5.41, 5.74) is 2.88. The molecule has 0 aliphatic heterocycles. The number of thioether (sulfide) groups is 1. The maximum Gasteiger partial charge on any atom is 0.322 e. The van der Waals surface area contributed by atoms with E-state index >= 15 is 0 Å². The van der Waals surface area contributed by atoms with Gasteiger partial charge in [-0.3, -0.25) is 4.79 Å². The molecule has 0 radical (unpaired) electrons. The highest BCUT2D eigenvalue weighted by Crippen LogP contribution is 2.47. The van der Waals surface area contributed by atoms with Gasteiger partial charge in [0.15, 0.2) is 0 Å². The van der Waals surface area contributed by atoms with E-state index in [2.05, 4.69) is 39.8 Å². The monoisotopic (exact) mass is 506 g/mol. The van der Waals surface area contributed by atoms with Gasteiger partial charge in [0.1, 0.15) is 5.75 Å². The molecule has 0 aromatic heterocycles. The predicted octanol–water partition coefficient (Wildman–Crippen LogP) is 9.05. The zero-order chi connectivity index (χ0) is 24.7. The lowest BCUT2D eigenvalue weighted by Crippen LogP contribution is -2.25. The van der Waals surface area contributed by atoms with Crippen molar-refractivity contribution in [3.8, 4) is 5.75 Å². The Labute approximate surface area is 216 Å². The lowest BCUT2D eigenvalue weighted by molar-refractivity contribution is -0.137. The summed E-state index contributed by atoms with van der Waals surface area (Å²) >= 11 is 3.43. The van der Waals surface area contributed by atoms with Crippen LogP contribution in [0, 0.1) is 12.8 Å². The molecule has 2 fully saturated rings. The normalized spacial score (nSPS) is 20.1. The van der Waals surface area contributed by atoms with Gasteiger partial charge in [0.2, 0.25) is 0 Å². The Morgan fingerprint density at radius 2 is 1.62 bits per heavy atom. The van der Waals surface area contributed by atoms with Gasteiger partial charge in [-0.25, -0.2) is 0 Å². The van der Waals surface area contributed by atoms with Crippen LogP contribution in [0.25, 0.3) is 0 Å². The standard InChI is InChI=1S/C29H46O3S2/c1-6-13-24(28(31)32-34-23-16-11-8-12-17-23)27(33-22-14-9-7-10-15-22)21-18-20(2)26(30)25(19-21)29(3,4)5/h18-19,22-24,27,30H,6-17H2,1-5H3. The molecule has 1 aromatic rings. The molecule has 0 heterocycles. The van der Waals surface area contributed by atoms with Crippen molar-refractivity contribution >= 4 is 29.8 Å². The van der Waals surface area contributed by atoms with Crippen LogP contribution in [0.4, 0.5) is 0 Å². The first kappa shape index (κ1) is 27.8. The number of aromatic hydroxyl groups is 1. The fraction of sp³-hybridized carbons (Fsp3) is 0.759. The molecular weight excluding hydrogens is 460 g/mol. The van der Waals surface area contributed by atoms with E-state index in [1.54, 1.807) is 0 Å². The van der Waals surface area contributed by atoms with Crippen molar-refractivity contribution in [3.05, 3.63) is 28.8 Å². The summed E-state index contributed by atoms with van der Waals surface area (Å²) < 4.78 is 5.95. The third-order valence-electron chi connectivity index (χ3n) is 7.44. The van der Waals surface area contributed by atoms with Crippen LogP contribution in [-0.2, 0) is 14.4 Å². The lowest BCUT2D eigenvalue weighted by Gasteiger charge is -2.32. The third-order valence-corrected chi connectivity index (χ3v) is 10.2. The van der Waals surface area contributed by atoms with Crippen molar-refractivity contribution in [1.82, 2.24) is 0 Å².